The van der Waals surface area contributed by atoms with Crippen molar-refractivity contribution in [3.8, 4) is 5.75 Å². The molecule has 0 aromatic heterocycles. The van der Waals surface area contributed by atoms with Gasteiger partial charge in [-0.2, -0.15) is 0 Å². The third-order valence-corrected chi connectivity index (χ3v) is 4.53. The third kappa shape index (κ3) is 4.95. The van der Waals surface area contributed by atoms with Crippen LogP contribution in [-0.2, 0) is 0 Å². The van der Waals surface area contributed by atoms with Crippen LogP contribution in [0.5, 0.6) is 5.75 Å². The Bertz CT molecular complexity index is 559. The lowest BCUT2D eigenvalue weighted by Crippen LogP contribution is -2.22. The Morgan fingerprint density at radius 1 is 1.19 bits per heavy atom. The van der Waals surface area contributed by atoms with E-state index in [1.807, 2.05) is 36.0 Å². The standard InChI is InChI=1S/C17H20ClNOS/c1-3-19-17(13-5-4-6-15(11-13)20-2)12-21-16-9-7-14(18)8-10-16/h4-11,17,19H,3,12H2,1-2H3. The number of halogens is 1. The summed E-state index contributed by atoms with van der Waals surface area (Å²) in [5.41, 5.74) is 1.25. The molecule has 0 heterocycles. The molecule has 2 nitrogen and oxygen atoms in total. The van der Waals surface area contributed by atoms with Gasteiger partial charge in [0.2, 0.25) is 0 Å². The summed E-state index contributed by atoms with van der Waals surface area (Å²) < 4.78 is 5.31. The van der Waals surface area contributed by atoms with Gasteiger partial charge in [0.05, 0.1) is 7.11 Å². The van der Waals surface area contributed by atoms with Crippen LogP contribution in [-0.4, -0.2) is 19.4 Å². The summed E-state index contributed by atoms with van der Waals surface area (Å²) in [7, 11) is 1.70. The van der Waals surface area contributed by atoms with E-state index in [0.717, 1.165) is 23.1 Å². The van der Waals surface area contributed by atoms with E-state index in [1.165, 1.54) is 10.5 Å². The second-order valence-electron chi connectivity index (χ2n) is 4.65. The molecule has 2 aromatic carbocycles. The largest absolute Gasteiger partial charge is 0.497 e. The van der Waals surface area contributed by atoms with Crippen molar-refractivity contribution in [1.82, 2.24) is 5.32 Å². The molecule has 1 unspecified atom stereocenters. The normalized spacial score (nSPS) is 12.1. The van der Waals surface area contributed by atoms with Crippen LogP contribution in [0.4, 0.5) is 0 Å². The molecule has 0 aliphatic carbocycles. The number of hydrogen-bond donors (Lipinski definition) is 1. The second kappa shape index (κ2) is 8.32. The minimum absolute atomic E-state index is 0.297. The zero-order valence-corrected chi connectivity index (χ0v) is 13.9. The molecule has 0 bridgehead atoms. The van der Waals surface area contributed by atoms with Crippen molar-refractivity contribution in [2.45, 2.75) is 17.9 Å². The maximum Gasteiger partial charge on any atom is 0.119 e. The highest BCUT2D eigenvalue weighted by Gasteiger charge is 2.11. The first-order chi connectivity index (χ1) is 10.2. The Labute approximate surface area is 135 Å². The lowest BCUT2D eigenvalue weighted by molar-refractivity contribution is 0.413. The molecule has 21 heavy (non-hydrogen) atoms. The number of rotatable bonds is 7. The fourth-order valence-corrected chi connectivity index (χ4v) is 3.21. The van der Waals surface area contributed by atoms with E-state index in [0.29, 0.717) is 6.04 Å². The quantitative estimate of drug-likeness (QED) is 0.741. The Hall–Kier alpha value is -1.16. The first kappa shape index (κ1) is 16.2. The number of nitrogens with one attached hydrogen (secondary N) is 1. The third-order valence-electron chi connectivity index (χ3n) is 3.18. The molecule has 2 aromatic rings. The number of thioether (sulfide) groups is 1. The van der Waals surface area contributed by atoms with E-state index in [1.54, 1.807) is 7.11 Å². The topological polar surface area (TPSA) is 21.3 Å². The Morgan fingerprint density at radius 3 is 2.62 bits per heavy atom. The number of benzene rings is 2. The van der Waals surface area contributed by atoms with Crippen molar-refractivity contribution in [2.75, 3.05) is 19.4 Å². The molecule has 0 aliphatic heterocycles. The fourth-order valence-electron chi connectivity index (χ4n) is 2.09. The van der Waals surface area contributed by atoms with Crippen molar-refractivity contribution in [2.24, 2.45) is 0 Å². The Balaban J connectivity index is 2.05. The molecular weight excluding hydrogens is 302 g/mol. The first-order valence-electron chi connectivity index (χ1n) is 6.98. The zero-order valence-electron chi connectivity index (χ0n) is 12.3. The molecule has 0 saturated heterocycles. The summed E-state index contributed by atoms with van der Waals surface area (Å²) in [5.74, 6) is 1.86. The molecule has 0 saturated carbocycles. The predicted molar refractivity (Wildman–Crippen MR) is 91.6 cm³/mol. The van der Waals surface area contributed by atoms with Crippen LogP contribution in [0.25, 0.3) is 0 Å². The zero-order chi connectivity index (χ0) is 15.1. The van der Waals surface area contributed by atoms with Crippen LogP contribution in [0, 0.1) is 0 Å². The van der Waals surface area contributed by atoms with E-state index in [2.05, 4.69) is 36.5 Å². The summed E-state index contributed by atoms with van der Waals surface area (Å²) in [6.07, 6.45) is 0. The summed E-state index contributed by atoms with van der Waals surface area (Å²) in [4.78, 5) is 1.23. The summed E-state index contributed by atoms with van der Waals surface area (Å²) in [6, 6.07) is 16.5. The molecule has 0 aliphatic rings. The summed E-state index contributed by atoms with van der Waals surface area (Å²) in [5, 5.41) is 4.30. The van der Waals surface area contributed by atoms with Crippen LogP contribution < -0.4 is 10.1 Å². The van der Waals surface area contributed by atoms with E-state index in [4.69, 9.17) is 16.3 Å². The van der Waals surface area contributed by atoms with E-state index in [9.17, 15) is 0 Å². The summed E-state index contributed by atoms with van der Waals surface area (Å²) >= 11 is 7.74. The predicted octanol–water partition coefficient (Wildman–Crippen LogP) is 4.79. The lowest BCUT2D eigenvalue weighted by Gasteiger charge is -2.18. The van der Waals surface area contributed by atoms with Crippen LogP contribution >= 0.6 is 23.4 Å². The van der Waals surface area contributed by atoms with E-state index in [-0.39, 0.29) is 0 Å². The molecular formula is C17H20ClNOS. The maximum atomic E-state index is 5.92. The number of methoxy groups -OCH3 is 1. The molecule has 112 valence electrons. The average molecular weight is 322 g/mol. The van der Waals surface area contributed by atoms with Crippen molar-refractivity contribution in [3.05, 3.63) is 59.1 Å². The molecule has 0 amide bonds. The van der Waals surface area contributed by atoms with Gasteiger partial charge in [-0.25, -0.2) is 0 Å². The minimum Gasteiger partial charge on any atom is -0.497 e. The number of ether oxygens (including phenoxy) is 1. The summed E-state index contributed by atoms with van der Waals surface area (Å²) in [6.45, 7) is 3.06. The smallest absolute Gasteiger partial charge is 0.119 e. The van der Waals surface area contributed by atoms with E-state index < -0.39 is 0 Å². The molecule has 1 atom stereocenters. The van der Waals surface area contributed by atoms with Gasteiger partial charge in [-0.15, -0.1) is 11.8 Å². The highest BCUT2D eigenvalue weighted by atomic mass is 35.5. The fraction of sp³-hybridized carbons (Fsp3) is 0.294. The van der Waals surface area contributed by atoms with Gasteiger partial charge in [-0.3, -0.25) is 0 Å². The van der Waals surface area contributed by atoms with Crippen LogP contribution in [0.1, 0.15) is 18.5 Å². The van der Waals surface area contributed by atoms with Crippen molar-refractivity contribution in [3.63, 3.8) is 0 Å². The average Bonchev–Trinajstić information content (AvgIpc) is 2.53. The van der Waals surface area contributed by atoms with Crippen LogP contribution in [0.2, 0.25) is 5.02 Å². The van der Waals surface area contributed by atoms with Crippen molar-refractivity contribution >= 4 is 23.4 Å². The molecule has 1 N–H and O–H groups in total. The van der Waals surface area contributed by atoms with Gasteiger partial charge in [-0.05, 0) is 48.5 Å². The first-order valence-corrected chi connectivity index (χ1v) is 8.35. The Morgan fingerprint density at radius 2 is 1.95 bits per heavy atom. The van der Waals surface area contributed by atoms with Crippen molar-refractivity contribution in [1.29, 1.82) is 0 Å². The molecule has 0 spiro atoms. The second-order valence-corrected chi connectivity index (χ2v) is 6.18. The number of hydrogen-bond acceptors (Lipinski definition) is 3. The molecule has 2 rings (SSSR count). The maximum absolute atomic E-state index is 5.92. The van der Waals surface area contributed by atoms with Gasteiger partial charge in [0.25, 0.3) is 0 Å². The lowest BCUT2D eigenvalue weighted by atomic mass is 10.1. The monoisotopic (exact) mass is 321 g/mol. The minimum atomic E-state index is 0.297. The highest BCUT2D eigenvalue weighted by molar-refractivity contribution is 7.99. The van der Waals surface area contributed by atoms with Crippen LogP contribution in [0.15, 0.2) is 53.4 Å². The van der Waals surface area contributed by atoms with Crippen molar-refractivity contribution < 1.29 is 4.74 Å². The molecule has 0 fully saturated rings. The molecule has 0 radical (unpaired) electrons. The molecule has 4 heteroatoms. The van der Waals surface area contributed by atoms with Crippen LogP contribution in [0.3, 0.4) is 0 Å². The van der Waals surface area contributed by atoms with Gasteiger partial charge >= 0.3 is 0 Å². The van der Waals surface area contributed by atoms with Gasteiger partial charge in [0.15, 0.2) is 0 Å². The van der Waals surface area contributed by atoms with Gasteiger partial charge in [-0.1, -0.05) is 30.7 Å². The van der Waals surface area contributed by atoms with Gasteiger partial charge in [0.1, 0.15) is 5.75 Å². The highest BCUT2D eigenvalue weighted by Crippen LogP contribution is 2.27. The Kier molecular flexibility index (Phi) is 6.43. The van der Waals surface area contributed by atoms with Gasteiger partial charge < -0.3 is 10.1 Å². The van der Waals surface area contributed by atoms with E-state index >= 15 is 0 Å². The SMILES string of the molecule is CCNC(CSc1ccc(Cl)cc1)c1cccc(OC)c1. The van der Waals surface area contributed by atoms with Gasteiger partial charge in [0, 0.05) is 21.7 Å².